The molecule has 36 heavy (non-hydrogen) atoms. The third kappa shape index (κ3) is 6.20. The molecule has 0 amide bonds. The summed E-state index contributed by atoms with van der Waals surface area (Å²) in [7, 11) is -2.17. The molecule has 1 aliphatic heterocycles. The normalized spacial score (nSPS) is 15.4. The zero-order valence-electron chi connectivity index (χ0n) is 20.0. The van der Waals surface area contributed by atoms with Crippen molar-refractivity contribution in [3.8, 4) is 17.2 Å². The van der Waals surface area contributed by atoms with E-state index in [2.05, 4.69) is 14.9 Å². The highest BCUT2D eigenvalue weighted by molar-refractivity contribution is 7.92. The predicted molar refractivity (Wildman–Crippen MR) is 138 cm³/mol. The number of aliphatic hydroxyl groups is 1. The van der Waals surface area contributed by atoms with Crippen LogP contribution in [-0.4, -0.2) is 56.5 Å². The molecule has 192 valence electrons. The highest BCUT2D eigenvalue weighted by Crippen LogP contribution is 2.28. The summed E-state index contributed by atoms with van der Waals surface area (Å²) in [4.78, 5) is 2.41. The summed E-state index contributed by atoms with van der Waals surface area (Å²) in [6, 6.07) is 18.1. The maximum atomic E-state index is 12.6. The van der Waals surface area contributed by atoms with Gasteiger partial charge in [-0.05, 0) is 79.1 Å². The molecule has 0 spiro atoms. The number of nitrogens with one attached hydrogen (secondary N) is 2. The van der Waals surface area contributed by atoms with Gasteiger partial charge in [0.05, 0.1) is 18.1 Å². The minimum absolute atomic E-state index is 0.161. The van der Waals surface area contributed by atoms with Crippen LogP contribution in [0.2, 0.25) is 0 Å². The Morgan fingerprint density at radius 3 is 2.25 bits per heavy atom. The van der Waals surface area contributed by atoms with E-state index in [-0.39, 0.29) is 22.4 Å². The van der Waals surface area contributed by atoms with Crippen LogP contribution in [0.3, 0.4) is 0 Å². The number of aliphatic hydroxyl groups excluding tert-OH is 1. The Kier molecular flexibility index (Phi) is 7.88. The van der Waals surface area contributed by atoms with E-state index >= 15 is 0 Å². The Morgan fingerprint density at radius 2 is 1.64 bits per heavy atom. The van der Waals surface area contributed by atoms with E-state index in [9.17, 15) is 23.7 Å². The first-order valence-corrected chi connectivity index (χ1v) is 13.2. The summed E-state index contributed by atoms with van der Waals surface area (Å²) in [6.45, 7) is 1.99. The van der Waals surface area contributed by atoms with Gasteiger partial charge in [-0.15, -0.1) is 0 Å². The van der Waals surface area contributed by atoms with Gasteiger partial charge in [0.25, 0.3) is 10.0 Å². The summed E-state index contributed by atoms with van der Waals surface area (Å²) < 4.78 is 33.0. The number of phenolic OH excluding ortho intramolecular Hbond substituents is 2. The Bertz CT molecular complexity index is 1260. The van der Waals surface area contributed by atoms with E-state index < -0.39 is 16.1 Å². The van der Waals surface area contributed by atoms with Gasteiger partial charge >= 0.3 is 0 Å². The molecule has 9 nitrogen and oxygen atoms in total. The number of methoxy groups -OCH3 is 1. The van der Waals surface area contributed by atoms with Gasteiger partial charge in [-0.25, -0.2) is 8.42 Å². The zero-order valence-corrected chi connectivity index (χ0v) is 20.8. The first-order valence-electron chi connectivity index (χ1n) is 11.7. The average Bonchev–Trinajstić information content (AvgIpc) is 2.89. The Balaban J connectivity index is 1.27. The fraction of sp³-hybridized carbons (Fsp3) is 0.308. The fourth-order valence-corrected chi connectivity index (χ4v) is 5.25. The summed E-state index contributed by atoms with van der Waals surface area (Å²) >= 11 is 0. The number of piperidine rings is 1. The number of anilines is 2. The second-order valence-electron chi connectivity index (χ2n) is 8.76. The van der Waals surface area contributed by atoms with E-state index in [1.807, 2.05) is 12.1 Å². The monoisotopic (exact) mass is 513 g/mol. The second-order valence-corrected chi connectivity index (χ2v) is 10.4. The molecule has 1 saturated heterocycles. The number of aromatic hydroxyl groups is 2. The van der Waals surface area contributed by atoms with Crippen LogP contribution < -0.4 is 19.7 Å². The number of sulfonamides is 1. The minimum Gasteiger partial charge on any atom is -0.504 e. The Morgan fingerprint density at radius 1 is 0.972 bits per heavy atom. The number of benzene rings is 3. The zero-order chi connectivity index (χ0) is 25.7. The molecule has 1 fully saturated rings. The number of phenols is 2. The van der Waals surface area contributed by atoms with E-state index in [1.165, 1.54) is 31.4 Å². The predicted octanol–water partition coefficient (Wildman–Crippen LogP) is 3.20. The minimum atomic E-state index is -3.70. The molecular formula is C26H31N3O6S. The summed E-state index contributed by atoms with van der Waals surface area (Å²) in [5, 5.41) is 32.8. The molecule has 0 bridgehead atoms. The molecule has 4 rings (SSSR count). The number of hydrogen-bond acceptors (Lipinski definition) is 8. The Labute approximate surface area is 211 Å². The molecule has 0 saturated carbocycles. The van der Waals surface area contributed by atoms with Crippen molar-refractivity contribution in [3.63, 3.8) is 0 Å². The molecule has 0 aliphatic carbocycles. The summed E-state index contributed by atoms with van der Waals surface area (Å²) in [5.41, 5.74) is 2.04. The van der Waals surface area contributed by atoms with Crippen LogP contribution in [0.15, 0.2) is 71.6 Å². The van der Waals surface area contributed by atoms with Crippen LogP contribution in [0.5, 0.6) is 17.2 Å². The highest BCUT2D eigenvalue weighted by Gasteiger charge is 2.21. The molecule has 3 aromatic carbocycles. The maximum absolute atomic E-state index is 12.6. The molecule has 1 aliphatic rings. The van der Waals surface area contributed by atoms with Crippen LogP contribution in [0, 0.1) is 0 Å². The molecule has 3 aromatic rings. The van der Waals surface area contributed by atoms with Gasteiger partial charge in [0.1, 0.15) is 5.75 Å². The molecule has 0 aromatic heterocycles. The third-order valence-corrected chi connectivity index (χ3v) is 7.73. The number of nitrogens with zero attached hydrogens (tertiary/aromatic N) is 1. The molecule has 1 atom stereocenters. The largest absolute Gasteiger partial charge is 0.504 e. The molecule has 1 heterocycles. The SMILES string of the molecule is COc1ccc(S(=O)(=O)Nc2ccc(N3CCC(NC[C@H](O)c4ccc(O)c(O)c4)CC3)cc2)cc1. The van der Waals surface area contributed by atoms with Gasteiger partial charge in [0, 0.05) is 37.1 Å². The van der Waals surface area contributed by atoms with Gasteiger partial charge in [-0.3, -0.25) is 4.72 Å². The Hall–Kier alpha value is -3.47. The lowest BCUT2D eigenvalue weighted by atomic mass is 10.0. The first kappa shape index (κ1) is 25.6. The number of ether oxygens (including phenoxy) is 1. The van der Waals surface area contributed by atoms with Crippen LogP contribution >= 0.6 is 0 Å². The molecule has 0 unspecified atom stereocenters. The smallest absolute Gasteiger partial charge is 0.261 e. The van der Waals surface area contributed by atoms with Crippen molar-refractivity contribution in [1.82, 2.24) is 5.32 Å². The maximum Gasteiger partial charge on any atom is 0.261 e. The molecule has 5 N–H and O–H groups in total. The van der Waals surface area contributed by atoms with E-state index in [0.29, 0.717) is 23.5 Å². The molecular weight excluding hydrogens is 482 g/mol. The van der Waals surface area contributed by atoms with Crippen molar-refractivity contribution in [3.05, 3.63) is 72.3 Å². The van der Waals surface area contributed by atoms with E-state index in [0.717, 1.165) is 31.6 Å². The molecule has 0 radical (unpaired) electrons. The van der Waals surface area contributed by atoms with E-state index in [4.69, 9.17) is 4.74 Å². The van der Waals surface area contributed by atoms with Crippen LogP contribution in [-0.2, 0) is 10.0 Å². The topological polar surface area (TPSA) is 131 Å². The van der Waals surface area contributed by atoms with Crippen molar-refractivity contribution in [1.29, 1.82) is 0 Å². The number of hydrogen-bond donors (Lipinski definition) is 5. The van der Waals surface area contributed by atoms with Crippen molar-refractivity contribution < 1.29 is 28.5 Å². The van der Waals surface area contributed by atoms with Crippen molar-refractivity contribution >= 4 is 21.4 Å². The quantitative estimate of drug-likeness (QED) is 0.276. The lowest BCUT2D eigenvalue weighted by Gasteiger charge is -2.34. The lowest BCUT2D eigenvalue weighted by Crippen LogP contribution is -2.43. The van der Waals surface area contributed by atoms with Crippen molar-refractivity contribution in [2.45, 2.75) is 29.9 Å². The van der Waals surface area contributed by atoms with Gasteiger partial charge in [0.15, 0.2) is 11.5 Å². The van der Waals surface area contributed by atoms with Crippen molar-refractivity contribution in [2.24, 2.45) is 0 Å². The number of rotatable bonds is 9. The van der Waals surface area contributed by atoms with Crippen LogP contribution in [0.25, 0.3) is 0 Å². The lowest BCUT2D eigenvalue weighted by molar-refractivity contribution is 0.166. The summed E-state index contributed by atoms with van der Waals surface area (Å²) in [5.74, 6) is 0.124. The van der Waals surface area contributed by atoms with Gasteiger partial charge < -0.3 is 30.3 Å². The standard InChI is InChI=1S/C26H31N3O6S/c1-35-22-7-9-23(10-8-22)36(33,34)28-20-3-5-21(6-4-20)29-14-12-19(13-15-29)27-17-26(32)18-2-11-24(30)25(31)16-18/h2-11,16,19,26-28,30-32H,12-15,17H2,1H3/t26-/m0/s1. The fourth-order valence-electron chi connectivity index (χ4n) is 4.19. The first-order chi connectivity index (χ1) is 17.2. The third-order valence-electron chi connectivity index (χ3n) is 6.33. The van der Waals surface area contributed by atoms with Crippen LogP contribution in [0.4, 0.5) is 11.4 Å². The summed E-state index contributed by atoms with van der Waals surface area (Å²) in [6.07, 6.45) is 0.988. The van der Waals surface area contributed by atoms with Gasteiger partial charge in [-0.1, -0.05) is 6.07 Å². The van der Waals surface area contributed by atoms with Gasteiger partial charge in [-0.2, -0.15) is 0 Å². The highest BCUT2D eigenvalue weighted by atomic mass is 32.2. The second kappa shape index (κ2) is 11.1. The van der Waals surface area contributed by atoms with Gasteiger partial charge in [0.2, 0.25) is 0 Å². The average molecular weight is 514 g/mol. The van der Waals surface area contributed by atoms with Crippen molar-refractivity contribution in [2.75, 3.05) is 36.4 Å². The van der Waals surface area contributed by atoms with Crippen LogP contribution in [0.1, 0.15) is 24.5 Å². The van der Waals surface area contributed by atoms with E-state index in [1.54, 1.807) is 30.3 Å². The molecule has 10 heteroatoms.